The van der Waals surface area contributed by atoms with Gasteiger partial charge in [0.2, 0.25) is 0 Å². The highest BCUT2D eigenvalue weighted by atomic mass is 19.4. The summed E-state index contributed by atoms with van der Waals surface area (Å²) in [5.74, 6) is 0.130. The molecule has 0 saturated carbocycles. The Bertz CT molecular complexity index is 887. The Kier molecular flexibility index (Phi) is 4.14. The number of rotatable bonds is 4. The smallest absolute Gasteiger partial charge is 0.406 e. The first-order valence-electron chi connectivity index (χ1n) is 6.98. The number of nitro benzene ring substituents is 1. The van der Waals surface area contributed by atoms with E-state index in [1.54, 1.807) is 12.1 Å². The number of hydrogen-bond donors (Lipinski definition) is 1. The molecule has 0 atom stereocenters. The first kappa shape index (κ1) is 16.5. The average molecular weight is 349 g/mol. The Labute approximate surface area is 139 Å². The molecular formula is C16H10F3N3O3. The zero-order valence-electron chi connectivity index (χ0n) is 12.4. The van der Waals surface area contributed by atoms with Crippen LogP contribution in [0.5, 0.6) is 5.75 Å². The third-order valence-corrected chi connectivity index (χ3v) is 3.33. The van der Waals surface area contributed by atoms with Gasteiger partial charge in [0.1, 0.15) is 11.6 Å². The van der Waals surface area contributed by atoms with Crippen LogP contribution in [0.25, 0.3) is 22.6 Å². The van der Waals surface area contributed by atoms with Crippen molar-refractivity contribution in [3.8, 4) is 28.4 Å². The lowest BCUT2D eigenvalue weighted by molar-refractivity contribution is -0.384. The maximum atomic E-state index is 12.2. The number of nitrogens with one attached hydrogen (secondary N) is 1. The fraction of sp³-hybridized carbons (Fsp3) is 0.0625. The molecule has 128 valence electrons. The van der Waals surface area contributed by atoms with Crippen LogP contribution in [-0.4, -0.2) is 21.3 Å². The fourth-order valence-electron chi connectivity index (χ4n) is 2.19. The lowest BCUT2D eigenvalue weighted by Gasteiger charge is -2.08. The molecule has 0 aliphatic carbocycles. The number of non-ortho nitro benzene ring substituents is 1. The number of ether oxygens (including phenoxy) is 1. The third-order valence-electron chi connectivity index (χ3n) is 3.33. The number of halogens is 3. The number of aromatic amines is 1. The van der Waals surface area contributed by atoms with Crippen LogP contribution in [0.4, 0.5) is 18.9 Å². The molecule has 6 nitrogen and oxygen atoms in total. The molecule has 3 aromatic rings. The van der Waals surface area contributed by atoms with E-state index in [0.29, 0.717) is 22.6 Å². The van der Waals surface area contributed by atoms with E-state index in [1.807, 2.05) is 0 Å². The van der Waals surface area contributed by atoms with Crippen LogP contribution in [0.1, 0.15) is 0 Å². The Morgan fingerprint density at radius 1 is 1.00 bits per heavy atom. The number of nitrogens with zero attached hydrogens (tertiary/aromatic N) is 2. The van der Waals surface area contributed by atoms with Gasteiger partial charge >= 0.3 is 6.36 Å². The van der Waals surface area contributed by atoms with Crippen molar-refractivity contribution in [2.75, 3.05) is 0 Å². The third kappa shape index (κ3) is 3.94. The van der Waals surface area contributed by atoms with E-state index < -0.39 is 11.3 Å². The second kappa shape index (κ2) is 6.27. The first-order chi connectivity index (χ1) is 11.8. The number of aromatic nitrogens is 2. The molecular weight excluding hydrogens is 339 g/mol. The van der Waals surface area contributed by atoms with Crippen LogP contribution in [0.2, 0.25) is 0 Å². The van der Waals surface area contributed by atoms with Gasteiger partial charge in [-0.25, -0.2) is 4.98 Å². The van der Waals surface area contributed by atoms with E-state index in [9.17, 15) is 23.3 Å². The maximum absolute atomic E-state index is 12.2. The van der Waals surface area contributed by atoms with Crippen molar-refractivity contribution in [2.24, 2.45) is 0 Å². The lowest BCUT2D eigenvalue weighted by Crippen LogP contribution is -2.16. The van der Waals surface area contributed by atoms with Crippen molar-refractivity contribution in [1.82, 2.24) is 9.97 Å². The largest absolute Gasteiger partial charge is 0.573 e. The second-order valence-electron chi connectivity index (χ2n) is 5.02. The quantitative estimate of drug-likeness (QED) is 0.553. The summed E-state index contributed by atoms with van der Waals surface area (Å²) in [4.78, 5) is 17.4. The summed E-state index contributed by atoms with van der Waals surface area (Å²) >= 11 is 0. The van der Waals surface area contributed by atoms with Gasteiger partial charge in [0.05, 0.1) is 16.8 Å². The normalized spacial score (nSPS) is 11.3. The predicted octanol–water partition coefficient (Wildman–Crippen LogP) is 4.55. The number of imidazole rings is 1. The molecule has 0 fully saturated rings. The van der Waals surface area contributed by atoms with E-state index >= 15 is 0 Å². The van der Waals surface area contributed by atoms with Gasteiger partial charge in [-0.05, 0) is 36.4 Å². The Morgan fingerprint density at radius 3 is 2.16 bits per heavy atom. The van der Waals surface area contributed by atoms with Crippen LogP contribution in [-0.2, 0) is 0 Å². The van der Waals surface area contributed by atoms with Crippen molar-refractivity contribution in [3.05, 3.63) is 64.8 Å². The van der Waals surface area contributed by atoms with E-state index in [0.717, 1.165) is 0 Å². The molecule has 1 heterocycles. The lowest BCUT2D eigenvalue weighted by atomic mass is 10.1. The van der Waals surface area contributed by atoms with Gasteiger partial charge in [-0.15, -0.1) is 13.2 Å². The monoisotopic (exact) mass is 349 g/mol. The predicted molar refractivity (Wildman–Crippen MR) is 82.8 cm³/mol. The molecule has 0 saturated heterocycles. The highest BCUT2D eigenvalue weighted by Crippen LogP contribution is 2.27. The van der Waals surface area contributed by atoms with Crippen LogP contribution in [0, 0.1) is 10.1 Å². The molecule has 0 unspecified atom stereocenters. The average Bonchev–Trinajstić information content (AvgIpc) is 3.04. The Hall–Kier alpha value is -3.36. The minimum absolute atomic E-state index is 0.0243. The van der Waals surface area contributed by atoms with Crippen LogP contribution >= 0.6 is 0 Å². The number of hydrogen-bond acceptors (Lipinski definition) is 4. The second-order valence-corrected chi connectivity index (χ2v) is 5.02. The van der Waals surface area contributed by atoms with Gasteiger partial charge in [-0.1, -0.05) is 0 Å². The SMILES string of the molecule is O=[N+]([O-])c1ccc(-c2cnc(-c3ccc(OC(F)(F)F)cc3)[nH]2)cc1. The summed E-state index contributed by atoms with van der Waals surface area (Å²) in [6, 6.07) is 11.2. The fourth-order valence-corrected chi connectivity index (χ4v) is 2.19. The number of H-pyrrole nitrogens is 1. The van der Waals surface area contributed by atoms with Crippen LogP contribution < -0.4 is 4.74 Å². The Morgan fingerprint density at radius 2 is 1.60 bits per heavy atom. The van der Waals surface area contributed by atoms with Gasteiger partial charge in [0.15, 0.2) is 0 Å². The Balaban J connectivity index is 1.80. The van der Waals surface area contributed by atoms with Crippen molar-refractivity contribution in [3.63, 3.8) is 0 Å². The summed E-state index contributed by atoms with van der Waals surface area (Å²) < 4.78 is 40.3. The van der Waals surface area contributed by atoms with Crippen molar-refractivity contribution in [2.45, 2.75) is 6.36 Å². The van der Waals surface area contributed by atoms with E-state index in [1.165, 1.54) is 42.6 Å². The summed E-state index contributed by atoms with van der Waals surface area (Å²) in [6.07, 6.45) is -3.20. The summed E-state index contributed by atoms with van der Waals surface area (Å²) in [6.45, 7) is 0. The van der Waals surface area contributed by atoms with Gasteiger partial charge < -0.3 is 9.72 Å². The molecule has 0 radical (unpaired) electrons. The topological polar surface area (TPSA) is 81.1 Å². The van der Waals surface area contributed by atoms with Gasteiger partial charge in [0, 0.05) is 23.3 Å². The molecule has 1 N–H and O–H groups in total. The molecule has 0 spiro atoms. The van der Waals surface area contributed by atoms with Crippen LogP contribution in [0.15, 0.2) is 54.7 Å². The summed E-state index contributed by atoms with van der Waals surface area (Å²) in [7, 11) is 0. The van der Waals surface area contributed by atoms with E-state index in [4.69, 9.17) is 0 Å². The molecule has 2 aromatic carbocycles. The van der Waals surface area contributed by atoms with Crippen LogP contribution in [0.3, 0.4) is 0 Å². The zero-order chi connectivity index (χ0) is 18.0. The maximum Gasteiger partial charge on any atom is 0.573 e. The summed E-state index contributed by atoms with van der Waals surface area (Å²) in [5.41, 5.74) is 1.87. The zero-order valence-corrected chi connectivity index (χ0v) is 12.4. The van der Waals surface area contributed by atoms with Crippen molar-refractivity contribution in [1.29, 1.82) is 0 Å². The highest BCUT2D eigenvalue weighted by molar-refractivity contribution is 5.65. The van der Waals surface area contributed by atoms with E-state index in [2.05, 4.69) is 14.7 Å². The molecule has 0 bridgehead atoms. The molecule has 9 heteroatoms. The van der Waals surface area contributed by atoms with Gasteiger partial charge in [-0.3, -0.25) is 10.1 Å². The number of benzene rings is 2. The molecule has 0 aliphatic rings. The van der Waals surface area contributed by atoms with Crippen molar-refractivity contribution < 1.29 is 22.8 Å². The highest BCUT2D eigenvalue weighted by Gasteiger charge is 2.31. The first-order valence-corrected chi connectivity index (χ1v) is 6.98. The minimum Gasteiger partial charge on any atom is -0.406 e. The molecule has 1 aromatic heterocycles. The minimum atomic E-state index is -4.74. The molecule has 25 heavy (non-hydrogen) atoms. The standard InChI is InChI=1S/C16H10F3N3O3/c17-16(18,19)25-13-7-3-11(4-8-13)15-20-9-14(21-15)10-1-5-12(6-2-10)22(23)24/h1-9H,(H,20,21). The molecule has 0 aliphatic heterocycles. The van der Waals surface area contributed by atoms with Gasteiger partial charge in [0.25, 0.3) is 5.69 Å². The summed E-state index contributed by atoms with van der Waals surface area (Å²) in [5, 5.41) is 10.7. The van der Waals surface area contributed by atoms with Crippen molar-refractivity contribution >= 4 is 5.69 Å². The molecule has 3 rings (SSSR count). The van der Waals surface area contributed by atoms with Gasteiger partial charge in [-0.2, -0.15) is 0 Å². The number of nitro groups is 1. The number of alkyl halides is 3. The van der Waals surface area contributed by atoms with E-state index in [-0.39, 0.29) is 11.4 Å². The molecule has 0 amide bonds.